The van der Waals surface area contributed by atoms with Crippen LogP contribution < -0.4 is 14.8 Å². The lowest BCUT2D eigenvalue weighted by molar-refractivity contribution is -0.115. The molecule has 2 rings (SSSR count). The summed E-state index contributed by atoms with van der Waals surface area (Å²) in [6.45, 7) is 4.08. The highest BCUT2D eigenvalue weighted by molar-refractivity contribution is 5.94. The van der Waals surface area contributed by atoms with Gasteiger partial charge in [0.1, 0.15) is 11.5 Å². The fourth-order valence-corrected chi connectivity index (χ4v) is 2.58. The molecule has 1 N–H and O–H groups in total. The third-order valence-corrected chi connectivity index (χ3v) is 3.84. The Hall–Kier alpha value is -2.49. The zero-order chi connectivity index (χ0) is 16.8. The van der Waals surface area contributed by atoms with Gasteiger partial charge in [-0.2, -0.15) is 0 Å². The first-order chi connectivity index (χ1) is 11.1. The fourth-order valence-electron chi connectivity index (χ4n) is 2.58. The maximum atomic E-state index is 12.5. The summed E-state index contributed by atoms with van der Waals surface area (Å²) in [5.74, 6) is 1.32. The number of nitrogens with one attached hydrogen (secondary N) is 1. The van der Waals surface area contributed by atoms with Crippen molar-refractivity contribution < 1.29 is 14.3 Å². The van der Waals surface area contributed by atoms with Crippen LogP contribution in [-0.4, -0.2) is 20.1 Å². The molecule has 0 radical (unpaired) electrons. The van der Waals surface area contributed by atoms with Crippen molar-refractivity contribution in [1.29, 1.82) is 0 Å². The monoisotopic (exact) mass is 313 g/mol. The zero-order valence-electron chi connectivity index (χ0n) is 14.1. The van der Waals surface area contributed by atoms with Gasteiger partial charge >= 0.3 is 0 Å². The predicted octanol–water partition coefficient (Wildman–Crippen LogP) is 3.76. The van der Waals surface area contributed by atoms with Gasteiger partial charge in [0.05, 0.1) is 20.6 Å². The van der Waals surface area contributed by atoms with E-state index in [2.05, 4.69) is 12.2 Å². The molecule has 0 heterocycles. The third kappa shape index (κ3) is 4.03. The van der Waals surface area contributed by atoms with Crippen molar-refractivity contribution in [2.24, 2.45) is 0 Å². The molecule has 23 heavy (non-hydrogen) atoms. The first-order valence-electron chi connectivity index (χ1n) is 7.68. The van der Waals surface area contributed by atoms with Crippen molar-refractivity contribution in [1.82, 2.24) is 0 Å². The SMILES string of the molecule is CCc1cccc(C)c1NC(=O)Cc1cc(OC)ccc1OC. The number of benzene rings is 2. The van der Waals surface area contributed by atoms with Crippen molar-refractivity contribution in [3.8, 4) is 11.5 Å². The number of carbonyl (C=O) groups is 1. The van der Waals surface area contributed by atoms with Gasteiger partial charge in [0.2, 0.25) is 5.91 Å². The summed E-state index contributed by atoms with van der Waals surface area (Å²) in [4.78, 5) is 12.5. The quantitative estimate of drug-likeness (QED) is 0.883. The van der Waals surface area contributed by atoms with E-state index in [4.69, 9.17) is 9.47 Å². The van der Waals surface area contributed by atoms with E-state index in [0.29, 0.717) is 11.5 Å². The van der Waals surface area contributed by atoms with Crippen LogP contribution in [0.3, 0.4) is 0 Å². The highest BCUT2D eigenvalue weighted by atomic mass is 16.5. The summed E-state index contributed by atoms with van der Waals surface area (Å²) < 4.78 is 10.6. The van der Waals surface area contributed by atoms with Crippen LogP contribution in [0.2, 0.25) is 0 Å². The van der Waals surface area contributed by atoms with Crippen LogP contribution >= 0.6 is 0 Å². The number of amides is 1. The Bertz CT molecular complexity index is 695. The molecule has 0 aromatic heterocycles. The lowest BCUT2D eigenvalue weighted by Crippen LogP contribution is -2.17. The second kappa shape index (κ2) is 7.68. The third-order valence-electron chi connectivity index (χ3n) is 3.84. The molecule has 0 aliphatic carbocycles. The number of para-hydroxylation sites is 1. The smallest absolute Gasteiger partial charge is 0.228 e. The maximum absolute atomic E-state index is 12.5. The van der Waals surface area contributed by atoms with Gasteiger partial charge in [-0.1, -0.05) is 25.1 Å². The van der Waals surface area contributed by atoms with Crippen molar-refractivity contribution in [2.75, 3.05) is 19.5 Å². The Morgan fingerprint density at radius 3 is 2.52 bits per heavy atom. The Balaban J connectivity index is 2.20. The summed E-state index contributed by atoms with van der Waals surface area (Å²) in [5, 5.41) is 3.03. The van der Waals surface area contributed by atoms with Crippen LogP contribution in [0.15, 0.2) is 36.4 Å². The van der Waals surface area contributed by atoms with Gasteiger partial charge in [-0.05, 0) is 42.7 Å². The van der Waals surface area contributed by atoms with Gasteiger partial charge in [0.25, 0.3) is 0 Å². The normalized spacial score (nSPS) is 10.3. The molecule has 0 aliphatic rings. The Labute approximate surface area is 137 Å². The lowest BCUT2D eigenvalue weighted by atomic mass is 10.0. The minimum Gasteiger partial charge on any atom is -0.497 e. The van der Waals surface area contributed by atoms with Gasteiger partial charge in [-0.25, -0.2) is 0 Å². The van der Waals surface area contributed by atoms with Gasteiger partial charge in [-0.15, -0.1) is 0 Å². The van der Waals surface area contributed by atoms with Crippen molar-refractivity contribution >= 4 is 11.6 Å². The maximum Gasteiger partial charge on any atom is 0.228 e. The van der Waals surface area contributed by atoms with E-state index in [1.807, 2.05) is 43.3 Å². The molecule has 0 aliphatic heterocycles. The number of aryl methyl sites for hydroxylation is 2. The Morgan fingerprint density at radius 2 is 1.87 bits per heavy atom. The van der Waals surface area contributed by atoms with Crippen LogP contribution in [0.1, 0.15) is 23.6 Å². The average molecular weight is 313 g/mol. The van der Waals surface area contributed by atoms with Crippen molar-refractivity contribution in [3.05, 3.63) is 53.1 Å². The number of methoxy groups -OCH3 is 2. The number of anilines is 1. The molecule has 1 amide bonds. The number of hydrogen-bond donors (Lipinski definition) is 1. The molecule has 2 aromatic carbocycles. The Kier molecular flexibility index (Phi) is 5.63. The summed E-state index contributed by atoms with van der Waals surface area (Å²) in [6.07, 6.45) is 1.11. The van der Waals surface area contributed by atoms with Crippen LogP contribution in [0.25, 0.3) is 0 Å². The minimum atomic E-state index is -0.0689. The predicted molar refractivity (Wildman–Crippen MR) is 92.4 cm³/mol. The van der Waals surface area contributed by atoms with Gasteiger partial charge in [0, 0.05) is 11.3 Å². The molecular weight excluding hydrogens is 290 g/mol. The minimum absolute atomic E-state index is 0.0689. The van der Waals surface area contributed by atoms with E-state index < -0.39 is 0 Å². The topological polar surface area (TPSA) is 47.6 Å². The van der Waals surface area contributed by atoms with Gasteiger partial charge in [-0.3, -0.25) is 4.79 Å². The van der Waals surface area contributed by atoms with Crippen LogP contribution in [0.5, 0.6) is 11.5 Å². The first-order valence-corrected chi connectivity index (χ1v) is 7.68. The number of carbonyl (C=O) groups excluding carboxylic acids is 1. The molecular formula is C19H23NO3. The van der Waals surface area contributed by atoms with Crippen LogP contribution in [0, 0.1) is 6.92 Å². The summed E-state index contributed by atoms with van der Waals surface area (Å²) >= 11 is 0. The summed E-state index contributed by atoms with van der Waals surface area (Å²) in [7, 11) is 3.20. The molecule has 0 saturated carbocycles. The number of rotatable bonds is 6. The molecule has 122 valence electrons. The zero-order valence-corrected chi connectivity index (χ0v) is 14.1. The molecule has 4 nitrogen and oxygen atoms in total. The van der Waals surface area contributed by atoms with Gasteiger partial charge in [0.15, 0.2) is 0 Å². The van der Waals surface area contributed by atoms with Crippen LogP contribution in [-0.2, 0) is 17.6 Å². The van der Waals surface area contributed by atoms with E-state index in [1.165, 1.54) is 0 Å². The van der Waals surface area contributed by atoms with Gasteiger partial charge < -0.3 is 14.8 Å². The second-order valence-corrected chi connectivity index (χ2v) is 5.37. The molecule has 0 atom stereocenters. The van der Waals surface area contributed by atoms with Crippen molar-refractivity contribution in [3.63, 3.8) is 0 Å². The first kappa shape index (κ1) is 16.9. The highest BCUT2D eigenvalue weighted by Gasteiger charge is 2.13. The van der Waals surface area contributed by atoms with E-state index in [9.17, 15) is 4.79 Å². The molecule has 4 heteroatoms. The molecule has 0 bridgehead atoms. The van der Waals surface area contributed by atoms with E-state index in [1.54, 1.807) is 14.2 Å². The van der Waals surface area contributed by atoms with Crippen LogP contribution in [0.4, 0.5) is 5.69 Å². The van der Waals surface area contributed by atoms with E-state index in [-0.39, 0.29) is 12.3 Å². The number of ether oxygens (including phenoxy) is 2. The summed E-state index contributed by atoms with van der Waals surface area (Å²) in [5.41, 5.74) is 3.91. The summed E-state index contributed by atoms with van der Waals surface area (Å²) in [6, 6.07) is 11.5. The lowest BCUT2D eigenvalue weighted by Gasteiger charge is -2.14. The average Bonchev–Trinajstić information content (AvgIpc) is 2.56. The largest absolute Gasteiger partial charge is 0.497 e. The molecule has 0 spiro atoms. The second-order valence-electron chi connectivity index (χ2n) is 5.37. The molecule has 0 saturated heterocycles. The molecule has 0 fully saturated rings. The van der Waals surface area contributed by atoms with E-state index in [0.717, 1.165) is 28.8 Å². The standard InChI is InChI=1S/C19H23NO3/c1-5-14-8-6-7-13(2)19(14)20-18(21)12-15-11-16(22-3)9-10-17(15)23-4/h6-11H,5,12H2,1-4H3,(H,20,21). The highest BCUT2D eigenvalue weighted by Crippen LogP contribution is 2.26. The fraction of sp³-hybridized carbons (Fsp3) is 0.316. The molecule has 2 aromatic rings. The van der Waals surface area contributed by atoms with E-state index >= 15 is 0 Å². The molecule has 0 unspecified atom stereocenters. The van der Waals surface area contributed by atoms with Crippen molar-refractivity contribution in [2.45, 2.75) is 26.7 Å². The Morgan fingerprint density at radius 1 is 1.09 bits per heavy atom. The number of hydrogen-bond acceptors (Lipinski definition) is 3.